The predicted octanol–water partition coefficient (Wildman–Crippen LogP) is 4.34. The van der Waals surface area contributed by atoms with Crippen LogP contribution in [0.15, 0.2) is 48.7 Å². The number of methoxy groups -OCH3 is 1. The molecule has 2 N–H and O–H groups in total. The number of nitrogens with one attached hydrogen (secondary N) is 2. The third-order valence-electron chi connectivity index (χ3n) is 8.12. The zero-order valence-electron chi connectivity index (χ0n) is 24.5. The number of nitrogens with zero attached hydrogens (tertiary/aromatic N) is 3. The molecule has 4 bridgehead atoms. The van der Waals surface area contributed by atoms with Crippen LogP contribution in [0.1, 0.15) is 52.9 Å². The number of benzene rings is 2. The molecule has 228 valence electrons. The van der Waals surface area contributed by atoms with Gasteiger partial charge in [0, 0.05) is 68.4 Å². The van der Waals surface area contributed by atoms with Gasteiger partial charge in [0.05, 0.1) is 25.9 Å². The van der Waals surface area contributed by atoms with Crippen molar-refractivity contribution in [1.82, 2.24) is 20.5 Å². The quantitative estimate of drug-likeness (QED) is 0.453. The van der Waals surface area contributed by atoms with Crippen molar-refractivity contribution in [3.05, 3.63) is 64.7 Å². The molecular weight excluding hydrogens is 566 g/mol. The summed E-state index contributed by atoms with van der Waals surface area (Å²) in [7, 11) is 1.55. The number of aromatic nitrogens is 1. The fourth-order valence-electron chi connectivity index (χ4n) is 5.87. The first-order chi connectivity index (χ1) is 21.0. The summed E-state index contributed by atoms with van der Waals surface area (Å²) in [5.74, 6) is 1.38. The Balaban J connectivity index is 1.16. The molecule has 1 aromatic heterocycles. The maximum Gasteiger partial charge on any atom is 0.251 e. The number of anilines is 1. The Morgan fingerprint density at radius 1 is 1.07 bits per heavy atom. The molecule has 3 aliphatic heterocycles. The van der Waals surface area contributed by atoms with Crippen LogP contribution in [0.3, 0.4) is 0 Å². The number of hydrogen-bond donors (Lipinski definition) is 2. The van der Waals surface area contributed by atoms with Crippen LogP contribution in [0.2, 0.25) is 0 Å². The van der Waals surface area contributed by atoms with Gasteiger partial charge in [-0.3, -0.25) is 14.5 Å². The molecule has 10 nitrogen and oxygen atoms in total. The van der Waals surface area contributed by atoms with Crippen LogP contribution in [0.4, 0.5) is 5.13 Å². The number of likely N-dealkylation sites (tertiary alicyclic amines) is 1. The summed E-state index contributed by atoms with van der Waals surface area (Å²) in [6, 6.07) is 12.7. The molecule has 2 atom stereocenters. The van der Waals surface area contributed by atoms with Crippen LogP contribution in [0.5, 0.6) is 17.2 Å². The van der Waals surface area contributed by atoms with Gasteiger partial charge in [-0.05, 0) is 55.5 Å². The van der Waals surface area contributed by atoms with Gasteiger partial charge < -0.3 is 29.7 Å². The number of fused-ring (bicyclic) bond motifs is 5. The molecule has 43 heavy (non-hydrogen) atoms. The minimum Gasteiger partial charge on any atom is -0.497 e. The number of rotatable bonds is 4. The number of hydrogen-bond acceptors (Lipinski definition) is 9. The highest BCUT2D eigenvalue weighted by molar-refractivity contribution is 7.15. The zero-order valence-corrected chi connectivity index (χ0v) is 25.4. The number of amides is 2. The van der Waals surface area contributed by atoms with Crippen LogP contribution >= 0.6 is 11.3 Å². The van der Waals surface area contributed by atoms with E-state index in [0.29, 0.717) is 55.4 Å². The molecule has 2 fully saturated rings. The van der Waals surface area contributed by atoms with Crippen molar-refractivity contribution >= 4 is 28.3 Å². The molecule has 4 heterocycles. The number of carbonyl (C=O) groups excluding carboxylic acids is 2. The van der Waals surface area contributed by atoms with E-state index in [9.17, 15) is 9.59 Å². The van der Waals surface area contributed by atoms with Gasteiger partial charge in [-0.15, -0.1) is 11.3 Å². The Hall–Kier alpha value is -3.67. The van der Waals surface area contributed by atoms with Gasteiger partial charge in [0.25, 0.3) is 5.91 Å². The lowest BCUT2D eigenvalue weighted by Crippen LogP contribution is -2.55. The summed E-state index contributed by atoms with van der Waals surface area (Å²) < 4.78 is 18.0. The second-order valence-corrected chi connectivity index (χ2v) is 12.5. The SMILES string of the molecule is COc1cc2cc(c1)C(=O)NCCCC(=O)N[C@H]1CN(Cc3cnc(N4CCCC4)s3)CC[C@@H]1OCc1cccc(c1)O2. The van der Waals surface area contributed by atoms with E-state index in [0.717, 1.165) is 43.3 Å². The molecule has 0 spiro atoms. The van der Waals surface area contributed by atoms with Gasteiger partial charge in [0.1, 0.15) is 17.2 Å². The van der Waals surface area contributed by atoms with E-state index in [-0.39, 0.29) is 24.0 Å². The Morgan fingerprint density at radius 2 is 1.95 bits per heavy atom. The summed E-state index contributed by atoms with van der Waals surface area (Å²) >= 11 is 1.77. The number of carbonyl (C=O) groups is 2. The third-order valence-corrected chi connectivity index (χ3v) is 9.16. The summed E-state index contributed by atoms with van der Waals surface area (Å²) in [6.45, 7) is 5.33. The maximum atomic E-state index is 13.1. The number of ether oxygens (including phenoxy) is 3. The maximum absolute atomic E-state index is 13.1. The van der Waals surface area contributed by atoms with E-state index in [1.165, 1.54) is 17.7 Å². The van der Waals surface area contributed by atoms with E-state index in [1.54, 1.807) is 36.6 Å². The molecule has 2 aromatic carbocycles. The van der Waals surface area contributed by atoms with Gasteiger partial charge >= 0.3 is 0 Å². The average Bonchev–Trinajstić information content (AvgIpc) is 3.71. The third kappa shape index (κ3) is 7.65. The van der Waals surface area contributed by atoms with Crippen LogP contribution in [0, 0.1) is 0 Å². The number of piperidine rings is 1. The van der Waals surface area contributed by atoms with E-state index < -0.39 is 0 Å². The van der Waals surface area contributed by atoms with Crippen LogP contribution in [-0.2, 0) is 22.7 Å². The van der Waals surface area contributed by atoms with E-state index in [4.69, 9.17) is 14.2 Å². The normalized spacial score (nSPS) is 22.0. The highest BCUT2D eigenvalue weighted by Gasteiger charge is 2.32. The summed E-state index contributed by atoms with van der Waals surface area (Å²) in [5.41, 5.74) is 1.39. The minimum atomic E-state index is -0.244. The first-order valence-electron chi connectivity index (χ1n) is 15.1. The van der Waals surface area contributed by atoms with E-state index >= 15 is 0 Å². The van der Waals surface area contributed by atoms with Gasteiger partial charge in [-0.1, -0.05) is 12.1 Å². The standard InChI is InChI=1S/C32H39N5O5S/c1-40-25-15-23-16-26(17-25)42-24-7-4-6-22(14-24)21-41-29-9-13-36(19-27-18-34-32(43-27)37-11-2-3-12-37)20-28(29)35-30(38)8-5-10-33-31(23)39/h4,6-7,14-18,28-29H,2-3,5,8-13,19-21H2,1H3,(H,33,39)(H,35,38)/t28-,29-/m0/s1. The van der Waals surface area contributed by atoms with Crippen molar-refractivity contribution in [1.29, 1.82) is 0 Å². The zero-order chi connectivity index (χ0) is 29.6. The Labute approximate surface area is 256 Å². The Bertz CT molecular complexity index is 1420. The lowest BCUT2D eigenvalue weighted by Gasteiger charge is -2.38. The van der Waals surface area contributed by atoms with Crippen LogP contribution < -0.4 is 25.0 Å². The molecule has 3 aliphatic rings. The second-order valence-electron chi connectivity index (χ2n) is 11.4. The molecule has 0 radical (unpaired) electrons. The van der Waals surface area contributed by atoms with Crippen LogP contribution in [0.25, 0.3) is 0 Å². The first kappa shape index (κ1) is 29.4. The smallest absolute Gasteiger partial charge is 0.251 e. The average molecular weight is 606 g/mol. The van der Waals surface area contributed by atoms with Crippen molar-refractivity contribution in [2.75, 3.05) is 44.7 Å². The van der Waals surface area contributed by atoms with Crippen molar-refractivity contribution in [3.63, 3.8) is 0 Å². The van der Waals surface area contributed by atoms with Gasteiger partial charge in [0.2, 0.25) is 5.91 Å². The molecule has 11 heteroatoms. The molecule has 0 unspecified atom stereocenters. The fraction of sp³-hybridized carbons (Fsp3) is 0.469. The summed E-state index contributed by atoms with van der Waals surface area (Å²) in [6.07, 6.45) is 5.99. The van der Waals surface area contributed by atoms with Crippen molar-refractivity contribution in [2.45, 2.75) is 57.4 Å². The molecular formula is C32H39N5O5S. The van der Waals surface area contributed by atoms with E-state index in [1.807, 2.05) is 30.5 Å². The molecule has 2 amide bonds. The van der Waals surface area contributed by atoms with Crippen LogP contribution in [-0.4, -0.2) is 73.7 Å². The van der Waals surface area contributed by atoms with E-state index in [2.05, 4.69) is 25.4 Å². The molecule has 0 aliphatic carbocycles. The lowest BCUT2D eigenvalue weighted by molar-refractivity contribution is -0.124. The van der Waals surface area contributed by atoms with Gasteiger partial charge in [-0.2, -0.15) is 0 Å². The molecule has 6 rings (SSSR count). The van der Waals surface area contributed by atoms with Crippen molar-refractivity contribution < 1.29 is 23.8 Å². The highest BCUT2D eigenvalue weighted by Crippen LogP contribution is 2.30. The molecule has 2 saturated heterocycles. The largest absolute Gasteiger partial charge is 0.497 e. The Kier molecular flexibility index (Phi) is 9.40. The molecule has 0 saturated carbocycles. The summed E-state index contributed by atoms with van der Waals surface area (Å²) in [5, 5.41) is 7.27. The summed E-state index contributed by atoms with van der Waals surface area (Å²) in [4.78, 5) is 36.6. The van der Waals surface area contributed by atoms with Gasteiger partial charge in [0.15, 0.2) is 5.13 Å². The first-order valence-corrected chi connectivity index (χ1v) is 15.9. The van der Waals surface area contributed by atoms with Crippen molar-refractivity contribution in [2.24, 2.45) is 0 Å². The fourth-order valence-corrected chi connectivity index (χ4v) is 6.88. The monoisotopic (exact) mass is 605 g/mol. The Morgan fingerprint density at radius 3 is 2.81 bits per heavy atom. The topological polar surface area (TPSA) is 105 Å². The second kappa shape index (κ2) is 13.7. The predicted molar refractivity (Wildman–Crippen MR) is 165 cm³/mol. The van der Waals surface area contributed by atoms with Gasteiger partial charge in [-0.25, -0.2) is 4.98 Å². The lowest BCUT2D eigenvalue weighted by atomic mass is 10.0. The minimum absolute atomic E-state index is 0.0380. The molecule has 3 aromatic rings. The highest BCUT2D eigenvalue weighted by atomic mass is 32.1. The van der Waals surface area contributed by atoms with Crippen molar-refractivity contribution in [3.8, 4) is 17.2 Å². The number of thiazole rings is 1.